The Morgan fingerprint density at radius 3 is 2.94 bits per heavy atom. The Bertz CT molecular complexity index is 523. The summed E-state index contributed by atoms with van der Waals surface area (Å²) in [7, 11) is 0. The first-order chi connectivity index (χ1) is 8.83. The van der Waals surface area contributed by atoms with Crippen molar-refractivity contribution in [2.45, 2.75) is 38.6 Å². The van der Waals surface area contributed by atoms with Gasteiger partial charge in [0.15, 0.2) is 0 Å². The number of H-pyrrole nitrogens is 1. The molecule has 3 nitrogen and oxygen atoms in total. The molecule has 2 atom stereocenters. The minimum Gasteiger partial charge on any atom is -0.337 e. The summed E-state index contributed by atoms with van der Waals surface area (Å²) in [4.78, 5) is 12.5. The molecule has 1 fully saturated rings. The molecular weight excluding hydrogens is 222 g/mol. The van der Waals surface area contributed by atoms with Crippen molar-refractivity contribution in [3.63, 3.8) is 0 Å². The number of para-hydroxylation sites is 2. The lowest BCUT2D eigenvalue weighted by Gasteiger charge is -2.24. The van der Waals surface area contributed by atoms with Gasteiger partial charge >= 0.3 is 0 Å². The molecule has 1 saturated carbocycles. The van der Waals surface area contributed by atoms with Gasteiger partial charge in [-0.3, -0.25) is 4.99 Å². The van der Waals surface area contributed by atoms with E-state index in [4.69, 9.17) is 4.99 Å². The highest BCUT2D eigenvalue weighted by Crippen LogP contribution is 2.26. The smallest absolute Gasteiger partial charge is 0.149 e. The minimum absolute atomic E-state index is 0.479. The number of aliphatic imine (C=N–C) groups is 1. The fourth-order valence-corrected chi connectivity index (χ4v) is 2.72. The zero-order chi connectivity index (χ0) is 12.4. The minimum atomic E-state index is 0.479. The van der Waals surface area contributed by atoms with Gasteiger partial charge in [-0.15, -0.1) is 0 Å². The Morgan fingerprint density at radius 1 is 1.28 bits per heavy atom. The monoisotopic (exact) mass is 241 g/mol. The summed E-state index contributed by atoms with van der Waals surface area (Å²) < 4.78 is 0. The van der Waals surface area contributed by atoms with Crippen LogP contribution in [0.5, 0.6) is 0 Å². The second kappa shape index (κ2) is 4.92. The van der Waals surface area contributed by atoms with Crippen LogP contribution in [0.4, 0.5) is 0 Å². The van der Waals surface area contributed by atoms with Gasteiger partial charge in [-0.1, -0.05) is 31.9 Å². The fourth-order valence-electron chi connectivity index (χ4n) is 2.72. The molecule has 3 heteroatoms. The number of imidazole rings is 1. The van der Waals surface area contributed by atoms with Crippen LogP contribution >= 0.6 is 0 Å². The first-order valence-corrected chi connectivity index (χ1v) is 6.81. The zero-order valence-electron chi connectivity index (χ0n) is 10.8. The van der Waals surface area contributed by atoms with Crippen molar-refractivity contribution in [3.8, 4) is 0 Å². The molecule has 1 aromatic heterocycles. The van der Waals surface area contributed by atoms with E-state index in [1.807, 2.05) is 30.5 Å². The van der Waals surface area contributed by atoms with Gasteiger partial charge in [-0.05, 0) is 30.9 Å². The van der Waals surface area contributed by atoms with E-state index in [9.17, 15) is 0 Å². The topological polar surface area (TPSA) is 41.0 Å². The molecule has 2 aromatic rings. The summed E-state index contributed by atoms with van der Waals surface area (Å²) in [6.07, 6.45) is 7.11. The van der Waals surface area contributed by atoms with Crippen molar-refractivity contribution in [1.82, 2.24) is 9.97 Å². The molecule has 1 N–H and O–H groups in total. The third-order valence-corrected chi connectivity index (χ3v) is 3.86. The molecule has 3 rings (SSSR count). The van der Waals surface area contributed by atoms with Gasteiger partial charge in [-0.25, -0.2) is 4.98 Å². The lowest BCUT2D eigenvalue weighted by molar-refractivity contribution is 0.333. The van der Waals surface area contributed by atoms with Crippen LogP contribution in [0.1, 0.15) is 38.4 Å². The zero-order valence-corrected chi connectivity index (χ0v) is 10.8. The third kappa shape index (κ3) is 2.30. The number of nitrogens with zero attached hydrogens (tertiary/aromatic N) is 2. The fraction of sp³-hybridized carbons (Fsp3) is 0.467. The van der Waals surface area contributed by atoms with Crippen LogP contribution < -0.4 is 0 Å². The Morgan fingerprint density at radius 2 is 2.11 bits per heavy atom. The van der Waals surface area contributed by atoms with E-state index in [2.05, 4.69) is 16.9 Å². The summed E-state index contributed by atoms with van der Waals surface area (Å²) >= 11 is 0. The van der Waals surface area contributed by atoms with Crippen molar-refractivity contribution in [2.75, 3.05) is 0 Å². The first kappa shape index (κ1) is 11.5. The number of nitrogens with one attached hydrogen (secondary N) is 1. The van der Waals surface area contributed by atoms with E-state index in [-0.39, 0.29) is 0 Å². The maximum Gasteiger partial charge on any atom is 0.149 e. The number of rotatable bonds is 2. The van der Waals surface area contributed by atoms with Gasteiger partial charge in [0.1, 0.15) is 5.82 Å². The molecule has 94 valence electrons. The lowest BCUT2D eigenvalue weighted by atomic mass is 9.86. The lowest BCUT2D eigenvalue weighted by Crippen LogP contribution is -2.20. The van der Waals surface area contributed by atoms with Crippen LogP contribution in [0.3, 0.4) is 0 Å². The van der Waals surface area contributed by atoms with Crippen LogP contribution in [0.25, 0.3) is 11.0 Å². The Labute approximate surface area is 107 Å². The van der Waals surface area contributed by atoms with Gasteiger partial charge in [0.05, 0.1) is 23.3 Å². The number of fused-ring (bicyclic) bond motifs is 1. The SMILES string of the molecule is CC1CCCCC1/N=C/c1nc2ccccc2[nH]1. The summed E-state index contributed by atoms with van der Waals surface area (Å²) in [5.74, 6) is 1.58. The average molecular weight is 241 g/mol. The molecule has 0 bridgehead atoms. The molecule has 1 aliphatic rings. The Hall–Kier alpha value is -1.64. The summed E-state index contributed by atoms with van der Waals surface area (Å²) in [6, 6.07) is 8.57. The van der Waals surface area contributed by atoms with E-state index < -0.39 is 0 Å². The van der Waals surface area contributed by atoms with E-state index in [0.717, 1.165) is 16.9 Å². The highest BCUT2D eigenvalue weighted by atomic mass is 14.9. The van der Waals surface area contributed by atoms with Crippen LogP contribution in [-0.4, -0.2) is 22.2 Å². The molecule has 18 heavy (non-hydrogen) atoms. The normalized spacial score (nSPS) is 24.9. The van der Waals surface area contributed by atoms with E-state index in [0.29, 0.717) is 12.0 Å². The van der Waals surface area contributed by atoms with Crippen molar-refractivity contribution < 1.29 is 0 Å². The van der Waals surface area contributed by atoms with Crippen LogP contribution in [0.15, 0.2) is 29.3 Å². The molecule has 1 aromatic carbocycles. The van der Waals surface area contributed by atoms with Crippen molar-refractivity contribution in [3.05, 3.63) is 30.1 Å². The van der Waals surface area contributed by atoms with Gasteiger partial charge in [0, 0.05) is 0 Å². The summed E-state index contributed by atoms with van der Waals surface area (Å²) in [5.41, 5.74) is 2.09. The van der Waals surface area contributed by atoms with Gasteiger partial charge in [0.2, 0.25) is 0 Å². The van der Waals surface area contributed by atoms with Gasteiger partial charge in [-0.2, -0.15) is 0 Å². The number of aromatic amines is 1. The van der Waals surface area contributed by atoms with E-state index >= 15 is 0 Å². The van der Waals surface area contributed by atoms with Gasteiger partial charge in [0.25, 0.3) is 0 Å². The highest BCUT2D eigenvalue weighted by Gasteiger charge is 2.19. The quantitative estimate of drug-likeness (QED) is 0.802. The van der Waals surface area contributed by atoms with Crippen molar-refractivity contribution >= 4 is 17.2 Å². The van der Waals surface area contributed by atoms with Crippen LogP contribution in [0, 0.1) is 5.92 Å². The number of benzene rings is 1. The average Bonchev–Trinajstić information content (AvgIpc) is 2.80. The van der Waals surface area contributed by atoms with E-state index in [1.165, 1.54) is 25.7 Å². The second-order valence-corrected chi connectivity index (χ2v) is 5.25. The number of hydrogen-bond donors (Lipinski definition) is 1. The highest BCUT2D eigenvalue weighted by molar-refractivity contribution is 5.83. The number of hydrogen-bond acceptors (Lipinski definition) is 2. The largest absolute Gasteiger partial charge is 0.337 e. The third-order valence-electron chi connectivity index (χ3n) is 3.86. The van der Waals surface area contributed by atoms with Crippen LogP contribution in [0.2, 0.25) is 0 Å². The van der Waals surface area contributed by atoms with Crippen LogP contribution in [-0.2, 0) is 0 Å². The molecule has 1 aliphatic carbocycles. The van der Waals surface area contributed by atoms with E-state index in [1.54, 1.807) is 0 Å². The van der Waals surface area contributed by atoms with Gasteiger partial charge < -0.3 is 4.98 Å². The Balaban J connectivity index is 1.78. The first-order valence-electron chi connectivity index (χ1n) is 6.81. The predicted molar refractivity (Wildman–Crippen MR) is 75.1 cm³/mol. The molecule has 2 unspecified atom stereocenters. The molecule has 1 heterocycles. The summed E-state index contributed by atoms with van der Waals surface area (Å²) in [6.45, 7) is 2.31. The maximum absolute atomic E-state index is 4.71. The second-order valence-electron chi connectivity index (χ2n) is 5.25. The summed E-state index contributed by atoms with van der Waals surface area (Å²) in [5, 5.41) is 0. The molecule has 0 amide bonds. The number of aromatic nitrogens is 2. The Kier molecular flexibility index (Phi) is 3.13. The molecule has 0 saturated heterocycles. The molecule has 0 spiro atoms. The predicted octanol–water partition coefficient (Wildman–Crippen LogP) is 3.56. The standard InChI is InChI=1S/C15H19N3/c1-11-6-2-3-7-12(11)16-10-15-17-13-8-4-5-9-14(13)18-15/h4-5,8-12H,2-3,6-7H2,1H3,(H,17,18)/b16-10+. The molecule has 0 aliphatic heterocycles. The van der Waals surface area contributed by atoms with Crippen molar-refractivity contribution in [2.24, 2.45) is 10.9 Å². The molecular formula is C15H19N3. The van der Waals surface area contributed by atoms with Crippen molar-refractivity contribution in [1.29, 1.82) is 0 Å². The molecule has 0 radical (unpaired) electrons. The maximum atomic E-state index is 4.71.